The Bertz CT molecular complexity index is 3020. The van der Waals surface area contributed by atoms with E-state index in [2.05, 4.69) is 235 Å². The SMILES string of the molecule is CC1(C)c2ccccc2N(c2ccc3c(-c4ccc5ccccc5c4)c4cc(N5c6ccccc6C(C)(C)C5(C)C)ccc4c(-c4ccc5ccccc5c4)c3c2)C1(C)C. The molecular formula is C58H52N2. The molecule has 0 saturated heterocycles. The Morgan fingerprint density at radius 3 is 1.10 bits per heavy atom. The lowest BCUT2D eigenvalue weighted by Gasteiger charge is -2.43. The first-order chi connectivity index (χ1) is 28.8. The van der Waals surface area contributed by atoms with E-state index < -0.39 is 0 Å². The van der Waals surface area contributed by atoms with Crippen molar-refractivity contribution in [2.45, 2.75) is 77.3 Å². The van der Waals surface area contributed by atoms with Crippen molar-refractivity contribution in [3.05, 3.63) is 181 Å². The van der Waals surface area contributed by atoms with E-state index in [4.69, 9.17) is 0 Å². The second-order valence-electron chi connectivity index (χ2n) is 19.4. The molecule has 2 aliphatic heterocycles. The van der Waals surface area contributed by atoms with Crippen LogP contribution >= 0.6 is 0 Å². The lowest BCUT2D eigenvalue weighted by molar-refractivity contribution is 0.330. The third-order valence-corrected chi connectivity index (χ3v) is 15.5. The lowest BCUT2D eigenvalue weighted by atomic mass is 9.72. The van der Waals surface area contributed by atoms with Crippen molar-refractivity contribution in [3.8, 4) is 22.3 Å². The van der Waals surface area contributed by atoms with Crippen molar-refractivity contribution in [1.82, 2.24) is 0 Å². The molecule has 0 unspecified atom stereocenters. The molecule has 2 heterocycles. The van der Waals surface area contributed by atoms with Gasteiger partial charge < -0.3 is 9.80 Å². The fourth-order valence-electron chi connectivity index (χ4n) is 10.9. The van der Waals surface area contributed by atoms with Gasteiger partial charge in [-0.15, -0.1) is 0 Å². The molecule has 0 fully saturated rings. The first kappa shape index (κ1) is 36.7. The molecule has 2 aliphatic rings. The smallest absolute Gasteiger partial charge is 0.0487 e. The van der Waals surface area contributed by atoms with E-state index in [1.165, 1.54) is 99.2 Å². The van der Waals surface area contributed by atoms with Gasteiger partial charge in [0.25, 0.3) is 0 Å². The van der Waals surface area contributed by atoms with Crippen LogP contribution in [0.5, 0.6) is 0 Å². The number of nitrogens with zero attached hydrogens (tertiary/aromatic N) is 2. The number of hydrogen-bond acceptors (Lipinski definition) is 2. The number of anilines is 4. The summed E-state index contributed by atoms with van der Waals surface area (Å²) in [6, 6.07) is 64.2. The minimum atomic E-state index is -0.174. The molecule has 11 rings (SSSR count). The van der Waals surface area contributed by atoms with Gasteiger partial charge in [-0.05, 0) is 153 Å². The van der Waals surface area contributed by atoms with E-state index >= 15 is 0 Å². The van der Waals surface area contributed by atoms with Gasteiger partial charge in [0.15, 0.2) is 0 Å². The molecular weight excluding hydrogens is 725 g/mol. The normalized spacial score (nSPS) is 17.1. The monoisotopic (exact) mass is 776 g/mol. The molecule has 9 aromatic rings. The average molecular weight is 777 g/mol. The maximum atomic E-state index is 2.60. The Morgan fingerprint density at radius 1 is 0.317 bits per heavy atom. The third kappa shape index (κ3) is 4.94. The Kier molecular flexibility index (Phi) is 7.68. The van der Waals surface area contributed by atoms with Gasteiger partial charge in [0.1, 0.15) is 0 Å². The summed E-state index contributed by atoms with van der Waals surface area (Å²) in [6.45, 7) is 19.2. The molecule has 2 nitrogen and oxygen atoms in total. The molecule has 294 valence electrons. The molecule has 9 aromatic carbocycles. The van der Waals surface area contributed by atoms with Crippen LogP contribution in [0.15, 0.2) is 170 Å². The predicted octanol–water partition coefficient (Wildman–Crippen LogP) is 16.0. The van der Waals surface area contributed by atoms with E-state index in [0.717, 1.165) is 0 Å². The summed E-state index contributed by atoms with van der Waals surface area (Å²) in [4.78, 5) is 5.20. The molecule has 2 heteroatoms. The minimum absolute atomic E-state index is 0.0632. The zero-order chi connectivity index (χ0) is 41.3. The van der Waals surface area contributed by atoms with Gasteiger partial charge in [0.05, 0.1) is 0 Å². The third-order valence-electron chi connectivity index (χ3n) is 15.5. The zero-order valence-corrected chi connectivity index (χ0v) is 36.1. The van der Waals surface area contributed by atoms with Crippen molar-refractivity contribution < 1.29 is 0 Å². The zero-order valence-electron chi connectivity index (χ0n) is 36.1. The Hall–Kier alpha value is -6.38. The molecule has 0 aliphatic carbocycles. The van der Waals surface area contributed by atoms with Crippen LogP contribution in [0.1, 0.15) is 66.5 Å². The summed E-state index contributed by atoms with van der Waals surface area (Å²) in [6.07, 6.45) is 0. The highest BCUT2D eigenvalue weighted by atomic mass is 15.2. The highest BCUT2D eigenvalue weighted by molar-refractivity contribution is 6.23. The van der Waals surface area contributed by atoms with Crippen molar-refractivity contribution in [2.24, 2.45) is 0 Å². The predicted molar refractivity (Wildman–Crippen MR) is 259 cm³/mol. The Morgan fingerprint density at radius 2 is 0.683 bits per heavy atom. The Balaban J connectivity index is 1.27. The van der Waals surface area contributed by atoms with Crippen LogP contribution in [0, 0.1) is 0 Å². The number of para-hydroxylation sites is 2. The van der Waals surface area contributed by atoms with Gasteiger partial charge in [-0.3, -0.25) is 0 Å². The van der Waals surface area contributed by atoms with Crippen molar-refractivity contribution >= 4 is 65.8 Å². The molecule has 0 bridgehead atoms. The maximum absolute atomic E-state index is 2.60. The van der Waals surface area contributed by atoms with E-state index in [-0.39, 0.29) is 21.9 Å². The Labute approximate surface area is 354 Å². The first-order valence-corrected chi connectivity index (χ1v) is 21.6. The summed E-state index contributed by atoms with van der Waals surface area (Å²) >= 11 is 0. The van der Waals surface area contributed by atoms with Crippen LogP contribution < -0.4 is 9.80 Å². The van der Waals surface area contributed by atoms with E-state index in [0.29, 0.717) is 0 Å². The lowest BCUT2D eigenvalue weighted by Crippen LogP contribution is -2.48. The summed E-state index contributed by atoms with van der Waals surface area (Å²) in [7, 11) is 0. The van der Waals surface area contributed by atoms with Crippen LogP contribution in [0.2, 0.25) is 0 Å². The van der Waals surface area contributed by atoms with E-state index in [1.54, 1.807) is 0 Å². The standard InChI is InChI=1S/C58H52N2/c1-55(2)49-21-13-15-23-51(49)59(57(55,5)6)43-29-31-45-47(35-43)53(41-27-25-37-17-9-11-19-39(37)33-41)46-32-30-44(60-52-24-16-14-22-50(52)56(3,4)58(60,7)8)36-48(46)54(45)42-28-26-38-18-10-12-20-40(38)34-42/h9-36H,1-8H3. The van der Waals surface area contributed by atoms with E-state index in [9.17, 15) is 0 Å². The van der Waals surface area contributed by atoms with Gasteiger partial charge >= 0.3 is 0 Å². The number of hydrogen-bond donors (Lipinski definition) is 0. The summed E-state index contributed by atoms with van der Waals surface area (Å²) in [5.74, 6) is 0. The summed E-state index contributed by atoms with van der Waals surface area (Å²) in [5.41, 5.74) is 12.3. The van der Waals surface area contributed by atoms with Gasteiger partial charge in [-0.2, -0.15) is 0 Å². The van der Waals surface area contributed by atoms with E-state index in [1.807, 2.05) is 0 Å². The van der Waals surface area contributed by atoms with Crippen LogP contribution in [0.3, 0.4) is 0 Å². The molecule has 0 radical (unpaired) electrons. The number of benzene rings is 9. The molecule has 0 N–H and O–H groups in total. The number of fused-ring (bicyclic) bond motifs is 6. The topological polar surface area (TPSA) is 6.48 Å². The van der Waals surface area contributed by atoms with Crippen molar-refractivity contribution in [2.75, 3.05) is 9.80 Å². The molecule has 0 aromatic heterocycles. The molecule has 0 spiro atoms. The maximum Gasteiger partial charge on any atom is 0.0487 e. The molecule has 0 amide bonds. The van der Waals surface area contributed by atoms with Crippen molar-refractivity contribution in [3.63, 3.8) is 0 Å². The molecule has 0 saturated carbocycles. The average Bonchev–Trinajstić information content (AvgIpc) is 3.52. The van der Waals surface area contributed by atoms with Crippen molar-refractivity contribution in [1.29, 1.82) is 0 Å². The fourth-order valence-corrected chi connectivity index (χ4v) is 10.9. The summed E-state index contributed by atoms with van der Waals surface area (Å²) in [5, 5.41) is 10.0. The number of rotatable bonds is 4. The second-order valence-corrected chi connectivity index (χ2v) is 19.4. The second kappa shape index (κ2) is 12.6. The quantitative estimate of drug-likeness (QED) is 0.164. The van der Waals surface area contributed by atoms with Gasteiger partial charge in [0.2, 0.25) is 0 Å². The van der Waals surface area contributed by atoms with Gasteiger partial charge in [-0.1, -0.05) is 149 Å². The largest absolute Gasteiger partial charge is 0.335 e. The molecule has 60 heavy (non-hydrogen) atoms. The first-order valence-electron chi connectivity index (χ1n) is 21.6. The molecule has 0 atom stereocenters. The minimum Gasteiger partial charge on any atom is -0.335 e. The van der Waals surface area contributed by atoms with Gasteiger partial charge in [-0.25, -0.2) is 0 Å². The fraction of sp³-hybridized carbons (Fsp3) is 0.207. The van der Waals surface area contributed by atoms with Crippen LogP contribution in [0.4, 0.5) is 22.7 Å². The van der Waals surface area contributed by atoms with Crippen LogP contribution in [-0.4, -0.2) is 11.1 Å². The summed E-state index contributed by atoms with van der Waals surface area (Å²) < 4.78 is 0. The van der Waals surface area contributed by atoms with Crippen LogP contribution in [0.25, 0.3) is 65.3 Å². The van der Waals surface area contributed by atoms with Crippen LogP contribution in [-0.2, 0) is 10.8 Å². The van der Waals surface area contributed by atoms with Gasteiger partial charge in [0, 0.05) is 44.7 Å². The highest BCUT2D eigenvalue weighted by Crippen LogP contribution is 2.58. The highest BCUT2D eigenvalue weighted by Gasteiger charge is 2.52.